The van der Waals surface area contributed by atoms with E-state index in [4.69, 9.17) is 0 Å². The number of carbonyl (C=O) groups is 1. The minimum Gasteiger partial charge on any atom is -0.481 e. The van der Waals surface area contributed by atoms with Gasteiger partial charge in [-0.2, -0.15) is 0 Å². The highest BCUT2D eigenvalue weighted by Gasteiger charge is 2.58. The number of aromatic nitrogens is 1. The third-order valence-corrected chi connectivity index (χ3v) is 4.56. The van der Waals surface area contributed by atoms with Gasteiger partial charge in [-0.25, -0.2) is 0 Å². The van der Waals surface area contributed by atoms with E-state index in [0.717, 1.165) is 44.1 Å². The van der Waals surface area contributed by atoms with Crippen molar-refractivity contribution in [3.8, 4) is 0 Å². The molecule has 0 aliphatic heterocycles. The minimum atomic E-state index is -0.679. The van der Waals surface area contributed by atoms with Crippen LogP contribution in [0.4, 0.5) is 0 Å². The van der Waals surface area contributed by atoms with E-state index in [-0.39, 0.29) is 5.41 Å². The molecule has 1 aliphatic rings. The maximum Gasteiger partial charge on any atom is 0.314 e. The lowest BCUT2D eigenvalue weighted by molar-refractivity contribution is -0.155. The fraction of sp³-hybridized carbons (Fsp3) is 0.625. The lowest BCUT2D eigenvalue weighted by Crippen LogP contribution is -2.54. The fourth-order valence-corrected chi connectivity index (χ4v) is 3.92. The number of pyridine rings is 1. The highest BCUT2D eigenvalue weighted by molar-refractivity contribution is 5.83. The topological polar surface area (TPSA) is 50.2 Å². The van der Waals surface area contributed by atoms with Crippen LogP contribution in [0.5, 0.6) is 0 Å². The summed E-state index contributed by atoms with van der Waals surface area (Å²) in [5, 5.41) is 9.69. The van der Waals surface area contributed by atoms with Gasteiger partial charge in [-0.15, -0.1) is 0 Å². The molecule has 3 nitrogen and oxygen atoms in total. The lowest BCUT2D eigenvalue weighted by Gasteiger charge is -2.54. The van der Waals surface area contributed by atoms with E-state index in [2.05, 4.69) is 18.8 Å². The van der Waals surface area contributed by atoms with Crippen molar-refractivity contribution in [2.75, 3.05) is 0 Å². The Hall–Kier alpha value is -1.38. The van der Waals surface area contributed by atoms with Gasteiger partial charge in [-0.05, 0) is 48.8 Å². The van der Waals surface area contributed by atoms with Crippen molar-refractivity contribution in [3.05, 3.63) is 30.1 Å². The molecule has 19 heavy (non-hydrogen) atoms. The monoisotopic (exact) mass is 261 g/mol. The average Bonchev–Trinajstić information content (AvgIpc) is 2.36. The highest BCUT2D eigenvalue weighted by atomic mass is 16.4. The Bertz CT molecular complexity index is 427. The van der Waals surface area contributed by atoms with Gasteiger partial charge in [0.1, 0.15) is 0 Å². The molecule has 3 heteroatoms. The van der Waals surface area contributed by atoms with Crippen LogP contribution in [-0.4, -0.2) is 16.1 Å². The number of rotatable bonds is 6. The predicted octanol–water partition coefficient (Wildman–Crippen LogP) is 3.78. The molecule has 0 atom stereocenters. The van der Waals surface area contributed by atoms with Crippen LogP contribution in [0.15, 0.2) is 24.5 Å². The number of hydrogen-bond acceptors (Lipinski definition) is 2. The number of hydrogen-bond donors (Lipinski definition) is 1. The van der Waals surface area contributed by atoms with Gasteiger partial charge >= 0.3 is 5.97 Å². The molecule has 2 rings (SSSR count). The fourth-order valence-electron chi connectivity index (χ4n) is 3.92. The van der Waals surface area contributed by atoms with Crippen molar-refractivity contribution >= 4 is 5.97 Å². The molecule has 1 saturated carbocycles. The summed E-state index contributed by atoms with van der Waals surface area (Å²) in [6.45, 7) is 4.37. The van der Waals surface area contributed by atoms with Crippen LogP contribution in [0.3, 0.4) is 0 Å². The van der Waals surface area contributed by atoms with E-state index in [0.29, 0.717) is 0 Å². The van der Waals surface area contributed by atoms with Crippen molar-refractivity contribution in [1.82, 2.24) is 4.98 Å². The van der Waals surface area contributed by atoms with E-state index >= 15 is 0 Å². The van der Waals surface area contributed by atoms with Crippen molar-refractivity contribution in [1.29, 1.82) is 0 Å². The summed E-state index contributed by atoms with van der Waals surface area (Å²) in [6.07, 6.45) is 9.49. The number of aliphatic carboxylic acids is 1. The summed E-state index contributed by atoms with van der Waals surface area (Å²) in [4.78, 5) is 15.8. The van der Waals surface area contributed by atoms with Crippen LogP contribution in [0.1, 0.15) is 57.9 Å². The van der Waals surface area contributed by atoms with E-state index < -0.39 is 11.4 Å². The van der Waals surface area contributed by atoms with Crippen LogP contribution in [0, 0.1) is 5.41 Å². The second-order valence-corrected chi connectivity index (χ2v) is 5.98. The summed E-state index contributed by atoms with van der Waals surface area (Å²) in [7, 11) is 0. The molecule has 1 aromatic heterocycles. The smallest absolute Gasteiger partial charge is 0.314 e. The van der Waals surface area contributed by atoms with E-state index in [1.165, 1.54) is 0 Å². The summed E-state index contributed by atoms with van der Waals surface area (Å²) in [5.41, 5.74) is 0.483. The zero-order chi connectivity index (χ0) is 13.9. The Morgan fingerprint density at radius 1 is 1.21 bits per heavy atom. The van der Waals surface area contributed by atoms with Crippen molar-refractivity contribution in [2.45, 2.75) is 57.8 Å². The third-order valence-electron chi connectivity index (χ3n) is 4.56. The molecule has 0 amide bonds. The Balaban J connectivity index is 2.25. The SMILES string of the molecule is CCCC1(CCC)CC(C(=O)O)(c2ccncc2)C1. The summed E-state index contributed by atoms with van der Waals surface area (Å²) in [6, 6.07) is 3.71. The lowest BCUT2D eigenvalue weighted by atomic mass is 9.48. The maximum atomic E-state index is 11.8. The largest absolute Gasteiger partial charge is 0.481 e. The zero-order valence-electron chi connectivity index (χ0n) is 11.9. The standard InChI is InChI=1S/C16H23NO2/c1-3-7-15(8-4-2)11-16(12-15,14(18)19)13-5-9-17-10-6-13/h5-6,9-10H,3-4,7-8,11-12H2,1-2H3,(H,18,19). The molecule has 0 spiro atoms. The molecule has 0 unspecified atom stereocenters. The summed E-state index contributed by atoms with van der Waals surface area (Å²) in [5.74, 6) is -0.679. The second-order valence-electron chi connectivity index (χ2n) is 5.98. The van der Waals surface area contributed by atoms with Crippen molar-refractivity contribution in [3.63, 3.8) is 0 Å². The van der Waals surface area contributed by atoms with Crippen LogP contribution in [0.2, 0.25) is 0 Å². The molecule has 104 valence electrons. The third kappa shape index (κ3) is 2.38. The number of carboxylic acid groups (broad SMARTS) is 1. The molecule has 0 saturated heterocycles. The number of nitrogens with zero attached hydrogens (tertiary/aromatic N) is 1. The Morgan fingerprint density at radius 2 is 1.74 bits per heavy atom. The van der Waals surface area contributed by atoms with Gasteiger partial charge in [0.15, 0.2) is 0 Å². The first-order valence-corrected chi connectivity index (χ1v) is 7.22. The van der Waals surface area contributed by atoms with Gasteiger partial charge in [-0.1, -0.05) is 26.7 Å². The van der Waals surface area contributed by atoms with Crippen LogP contribution in [-0.2, 0) is 10.2 Å². The molecular weight excluding hydrogens is 238 g/mol. The molecule has 1 N–H and O–H groups in total. The Kier molecular flexibility index (Phi) is 3.93. The Labute approximate surface area is 115 Å². The van der Waals surface area contributed by atoms with Crippen molar-refractivity contribution in [2.24, 2.45) is 5.41 Å². The van der Waals surface area contributed by atoms with Gasteiger partial charge in [-0.3, -0.25) is 9.78 Å². The molecule has 1 heterocycles. The van der Waals surface area contributed by atoms with Gasteiger partial charge in [0.2, 0.25) is 0 Å². The normalized spacial score (nSPS) is 19.7. The molecule has 1 fully saturated rings. The molecule has 1 aliphatic carbocycles. The molecule has 0 bridgehead atoms. The van der Waals surface area contributed by atoms with Crippen LogP contribution in [0.25, 0.3) is 0 Å². The van der Waals surface area contributed by atoms with Gasteiger partial charge in [0.05, 0.1) is 5.41 Å². The van der Waals surface area contributed by atoms with Gasteiger partial charge in [0.25, 0.3) is 0 Å². The minimum absolute atomic E-state index is 0.241. The predicted molar refractivity (Wildman–Crippen MR) is 75.0 cm³/mol. The average molecular weight is 261 g/mol. The first-order valence-electron chi connectivity index (χ1n) is 7.22. The molecule has 0 radical (unpaired) electrons. The first-order chi connectivity index (χ1) is 9.08. The molecular formula is C16H23NO2. The molecule has 0 aromatic carbocycles. The summed E-state index contributed by atoms with van der Waals surface area (Å²) >= 11 is 0. The first kappa shape index (κ1) is 14.0. The van der Waals surface area contributed by atoms with Gasteiger partial charge < -0.3 is 5.11 Å². The van der Waals surface area contributed by atoms with Crippen molar-refractivity contribution < 1.29 is 9.90 Å². The summed E-state index contributed by atoms with van der Waals surface area (Å²) < 4.78 is 0. The Morgan fingerprint density at radius 3 is 2.16 bits per heavy atom. The maximum absolute atomic E-state index is 11.8. The highest BCUT2D eigenvalue weighted by Crippen LogP contribution is 2.60. The number of carboxylic acids is 1. The van der Waals surface area contributed by atoms with E-state index in [9.17, 15) is 9.90 Å². The quantitative estimate of drug-likeness (QED) is 0.847. The zero-order valence-corrected chi connectivity index (χ0v) is 11.9. The van der Waals surface area contributed by atoms with E-state index in [1.54, 1.807) is 12.4 Å². The second kappa shape index (κ2) is 5.32. The van der Waals surface area contributed by atoms with E-state index in [1.807, 2.05) is 12.1 Å². The van der Waals surface area contributed by atoms with Crippen LogP contribution >= 0.6 is 0 Å². The molecule has 1 aromatic rings. The van der Waals surface area contributed by atoms with Gasteiger partial charge in [0, 0.05) is 12.4 Å². The van der Waals surface area contributed by atoms with Crippen LogP contribution < -0.4 is 0 Å².